The molecular formula is C11H12F3N3O4S2. The number of hydrogen-bond donors (Lipinski definition) is 2. The fourth-order valence-electron chi connectivity index (χ4n) is 1.96. The SMILES string of the molecule is O=C(CSc1nc(C(F)(F)F)cc(=O)[nH]1)NC1CCS(=O)(=O)C1. The summed E-state index contributed by atoms with van der Waals surface area (Å²) >= 11 is 0.628. The molecule has 1 saturated heterocycles. The molecule has 1 atom stereocenters. The number of H-pyrrole nitrogens is 1. The van der Waals surface area contributed by atoms with Crippen molar-refractivity contribution in [1.29, 1.82) is 0 Å². The molecule has 1 aromatic rings. The van der Waals surface area contributed by atoms with E-state index in [2.05, 4.69) is 15.3 Å². The van der Waals surface area contributed by atoms with Crippen LogP contribution in [0.4, 0.5) is 13.2 Å². The minimum absolute atomic E-state index is 0.00636. The van der Waals surface area contributed by atoms with E-state index in [9.17, 15) is 31.2 Å². The van der Waals surface area contributed by atoms with E-state index in [1.807, 2.05) is 0 Å². The first-order valence-electron chi connectivity index (χ1n) is 6.36. The van der Waals surface area contributed by atoms with Gasteiger partial charge in [-0.2, -0.15) is 13.2 Å². The highest BCUT2D eigenvalue weighted by atomic mass is 32.2. The van der Waals surface area contributed by atoms with E-state index in [0.717, 1.165) is 0 Å². The van der Waals surface area contributed by atoms with Crippen LogP contribution >= 0.6 is 11.8 Å². The molecule has 0 radical (unpaired) electrons. The van der Waals surface area contributed by atoms with Crippen molar-refractivity contribution >= 4 is 27.5 Å². The molecule has 2 heterocycles. The number of amides is 1. The van der Waals surface area contributed by atoms with Crippen molar-refractivity contribution < 1.29 is 26.4 Å². The molecule has 0 aliphatic carbocycles. The number of sulfone groups is 1. The summed E-state index contributed by atoms with van der Waals surface area (Å²) in [7, 11) is -3.14. The van der Waals surface area contributed by atoms with E-state index in [1.165, 1.54) is 0 Å². The molecule has 1 aliphatic rings. The van der Waals surface area contributed by atoms with Gasteiger partial charge in [-0.05, 0) is 6.42 Å². The van der Waals surface area contributed by atoms with Crippen molar-refractivity contribution in [3.63, 3.8) is 0 Å². The molecule has 0 aromatic carbocycles. The summed E-state index contributed by atoms with van der Waals surface area (Å²) in [6, 6.07) is -0.172. The molecule has 1 aromatic heterocycles. The van der Waals surface area contributed by atoms with Crippen molar-refractivity contribution in [1.82, 2.24) is 15.3 Å². The molecule has 1 amide bonds. The van der Waals surface area contributed by atoms with Crippen LogP contribution in [0.15, 0.2) is 16.0 Å². The van der Waals surface area contributed by atoms with Crippen LogP contribution in [0.5, 0.6) is 0 Å². The number of thioether (sulfide) groups is 1. The number of nitrogens with one attached hydrogen (secondary N) is 2. The van der Waals surface area contributed by atoms with E-state index in [0.29, 0.717) is 24.2 Å². The fourth-order valence-corrected chi connectivity index (χ4v) is 4.32. The zero-order valence-electron chi connectivity index (χ0n) is 11.5. The van der Waals surface area contributed by atoms with E-state index in [4.69, 9.17) is 0 Å². The predicted molar refractivity (Wildman–Crippen MR) is 75.8 cm³/mol. The minimum Gasteiger partial charge on any atom is -0.352 e. The second-order valence-corrected chi connectivity index (χ2v) is 8.08. The number of aromatic nitrogens is 2. The summed E-state index contributed by atoms with van der Waals surface area (Å²) < 4.78 is 60.1. The molecule has 2 rings (SSSR count). The normalized spacial score (nSPS) is 20.4. The summed E-state index contributed by atoms with van der Waals surface area (Å²) in [5.41, 5.74) is -2.32. The van der Waals surface area contributed by atoms with Crippen LogP contribution in [-0.4, -0.2) is 47.6 Å². The quantitative estimate of drug-likeness (QED) is 0.577. The average molecular weight is 371 g/mol. The van der Waals surface area contributed by atoms with Gasteiger partial charge in [-0.3, -0.25) is 9.59 Å². The van der Waals surface area contributed by atoms with Crippen LogP contribution in [0.25, 0.3) is 0 Å². The zero-order valence-corrected chi connectivity index (χ0v) is 13.1. The highest BCUT2D eigenvalue weighted by molar-refractivity contribution is 7.99. The zero-order chi connectivity index (χ0) is 17.3. The third-order valence-electron chi connectivity index (χ3n) is 2.95. The summed E-state index contributed by atoms with van der Waals surface area (Å²) in [6.45, 7) is 0. The standard InChI is InChI=1S/C11H12F3N3O4S2/c12-11(13,14)7-3-8(18)17-10(16-7)22-4-9(19)15-6-1-2-23(20,21)5-6/h3,6H,1-2,4-5H2,(H,15,19)(H,16,17,18). The molecule has 128 valence electrons. The van der Waals surface area contributed by atoms with Crippen LogP contribution in [0.2, 0.25) is 0 Å². The molecule has 1 aliphatic heterocycles. The summed E-state index contributed by atoms with van der Waals surface area (Å²) in [4.78, 5) is 28.2. The minimum atomic E-state index is -4.76. The number of alkyl halides is 3. The lowest BCUT2D eigenvalue weighted by Crippen LogP contribution is -2.36. The third-order valence-corrected chi connectivity index (χ3v) is 5.59. The van der Waals surface area contributed by atoms with Crippen molar-refractivity contribution in [2.75, 3.05) is 17.3 Å². The van der Waals surface area contributed by atoms with Crippen molar-refractivity contribution in [3.8, 4) is 0 Å². The summed E-state index contributed by atoms with van der Waals surface area (Å²) in [5.74, 6) is -0.992. The van der Waals surface area contributed by atoms with Gasteiger partial charge in [0.1, 0.15) is 0 Å². The molecule has 12 heteroatoms. The Balaban J connectivity index is 1.94. The Morgan fingerprint density at radius 2 is 2.17 bits per heavy atom. The summed E-state index contributed by atoms with van der Waals surface area (Å²) in [5, 5.41) is 2.15. The van der Waals surface area contributed by atoms with Crippen LogP contribution < -0.4 is 10.9 Å². The van der Waals surface area contributed by atoms with Crippen LogP contribution in [-0.2, 0) is 20.8 Å². The van der Waals surface area contributed by atoms with Crippen LogP contribution in [0.1, 0.15) is 12.1 Å². The van der Waals surface area contributed by atoms with E-state index in [1.54, 1.807) is 0 Å². The van der Waals surface area contributed by atoms with Gasteiger partial charge in [-0.15, -0.1) is 0 Å². The average Bonchev–Trinajstić information content (AvgIpc) is 2.74. The first kappa shape index (κ1) is 17.8. The van der Waals surface area contributed by atoms with E-state index >= 15 is 0 Å². The molecule has 2 N–H and O–H groups in total. The van der Waals surface area contributed by atoms with Crippen molar-refractivity contribution in [3.05, 3.63) is 22.1 Å². The maximum Gasteiger partial charge on any atom is 0.433 e. The van der Waals surface area contributed by atoms with Crippen molar-refractivity contribution in [2.24, 2.45) is 0 Å². The van der Waals surface area contributed by atoms with Crippen LogP contribution in [0, 0.1) is 0 Å². The number of halogens is 3. The number of carbonyl (C=O) groups excluding carboxylic acids is 1. The molecular weight excluding hydrogens is 359 g/mol. The molecule has 1 fully saturated rings. The largest absolute Gasteiger partial charge is 0.433 e. The Hall–Kier alpha value is -1.56. The van der Waals surface area contributed by atoms with Gasteiger partial charge in [0, 0.05) is 12.1 Å². The Kier molecular flexibility index (Phi) is 5.04. The smallest absolute Gasteiger partial charge is 0.352 e. The van der Waals surface area contributed by atoms with Gasteiger partial charge >= 0.3 is 6.18 Å². The van der Waals surface area contributed by atoms with Crippen LogP contribution in [0.3, 0.4) is 0 Å². The lowest BCUT2D eigenvalue weighted by molar-refractivity contribution is -0.141. The second-order valence-electron chi connectivity index (χ2n) is 4.89. The van der Waals surface area contributed by atoms with E-state index in [-0.39, 0.29) is 22.4 Å². The topological polar surface area (TPSA) is 109 Å². The van der Waals surface area contributed by atoms with Gasteiger partial charge in [-0.25, -0.2) is 13.4 Å². The van der Waals surface area contributed by atoms with Crippen molar-refractivity contribution in [2.45, 2.75) is 23.8 Å². The van der Waals surface area contributed by atoms with Gasteiger partial charge < -0.3 is 10.3 Å². The Morgan fingerprint density at radius 3 is 2.74 bits per heavy atom. The first-order valence-corrected chi connectivity index (χ1v) is 9.17. The lowest BCUT2D eigenvalue weighted by atomic mass is 10.3. The Labute approximate surface area is 133 Å². The lowest BCUT2D eigenvalue weighted by Gasteiger charge is -2.10. The number of rotatable bonds is 4. The molecule has 7 nitrogen and oxygen atoms in total. The first-order chi connectivity index (χ1) is 10.5. The number of aromatic amines is 1. The van der Waals surface area contributed by atoms with Gasteiger partial charge in [0.2, 0.25) is 5.91 Å². The summed E-state index contributed by atoms with van der Waals surface area (Å²) in [6.07, 6.45) is -4.46. The molecule has 1 unspecified atom stereocenters. The molecule has 23 heavy (non-hydrogen) atoms. The second kappa shape index (κ2) is 6.51. The maximum absolute atomic E-state index is 12.5. The highest BCUT2D eigenvalue weighted by Gasteiger charge is 2.33. The van der Waals surface area contributed by atoms with E-state index < -0.39 is 39.2 Å². The molecule has 0 bridgehead atoms. The van der Waals surface area contributed by atoms with Gasteiger partial charge in [-0.1, -0.05) is 11.8 Å². The Bertz CT molecular complexity index is 761. The monoisotopic (exact) mass is 371 g/mol. The number of nitrogens with zero attached hydrogens (tertiary/aromatic N) is 1. The Morgan fingerprint density at radius 1 is 1.48 bits per heavy atom. The van der Waals surface area contributed by atoms with Gasteiger partial charge in [0.15, 0.2) is 20.7 Å². The predicted octanol–water partition coefficient (Wildman–Crippen LogP) is 0.184. The van der Waals surface area contributed by atoms with Gasteiger partial charge in [0.05, 0.1) is 17.3 Å². The molecule has 0 spiro atoms. The van der Waals surface area contributed by atoms with Gasteiger partial charge in [0.25, 0.3) is 5.56 Å². The highest BCUT2D eigenvalue weighted by Crippen LogP contribution is 2.27. The molecule has 0 saturated carbocycles. The fraction of sp³-hybridized carbons (Fsp3) is 0.545. The maximum atomic E-state index is 12.5. The number of carbonyl (C=O) groups is 1. The third kappa shape index (κ3) is 5.23. The number of hydrogen-bond acceptors (Lipinski definition) is 6.